The predicted molar refractivity (Wildman–Crippen MR) is 77.8 cm³/mol. The SMILES string of the molecule is C=CCOCC(CC)(CO)COCC=C.CCC. The highest BCUT2D eigenvalue weighted by atomic mass is 16.5. The Morgan fingerprint density at radius 1 is 1.00 bits per heavy atom. The van der Waals surface area contributed by atoms with Gasteiger partial charge in [-0.3, -0.25) is 0 Å². The predicted octanol–water partition coefficient (Wildman–Crippen LogP) is 3.20. The second kappa shape index (κ2) is 14.4. The molecule has 3 nitrogen and oxygen atoms in total. The molecule has 0 aromatic heterocycles. The zero-order chi connectivity index (χ0) is 14.3. The lowest BCUT2D eigenvalue weighted by molar-refractivity contribution is -0.0424. The number of ether oxygens (including phenoxy) is 2. The topological polar surface area (TPSA) is 38.7 Å². The Labute approximate surface area is 112 Å². The number of rotatable bonds is 10. The molecule has 0 fully saturated rings. The van der Waals surface area contributed by atoms with Crippen molar-refractivity contribution < 1.29 is 14.6 Å². The molecular formula is C15H30O3. The van der Waals surface area contributed by atoms with Crippen LogP contribution in [0.5, 0.6) is 0 Å². The Balaban J connectivity index is 0. The highest BCUT2D eigenvalue weighted by Gasteiger charge is 2.28. The van der Waals surface area contributed by atoms with Crippen molar-refractivity contribution in [3.63, 3.8) is 0 Å². The molecule has 108 valence electrons. The van der Waals surface area contributed by atoms with E-state index in [4.69, 9.17) is 9.47 Å². The fourth-order valence-electron chi connectivity index (χ4n) is 1.17. The van der Waals surface area contributed by atoms with E-state index in [0.29, 0.717) is 26.4 Å². The number of aliphatic hydroxyl groups excluding tert-OH is 1. The highest BCUT2D eigenvalue weighted by molar-refractivity contribution is 4.78. The van der Waals surface area contributed by atoms with E-state index in [1.165, 1.54) is 6.42 Å². The van der Waals surface area contributed by atoms with Gasteiger partial charge in [-0.25, -0.2) is 0 Å². The first-order chi connectivity index (χ1) is 8.66. The number of hydrogen-bond acceptors (Lipinski definition) is 3. The molecule has 3 heteroatoms. The first-order valence-corrected chi connectivity index (χ1v) is 6.64. The summed E-state index contributed by atoms with van der Waals surface area (Å²) in [5.74, 6) is 0. The van der Waals surface area contributed by atoms with Crippen molar-refractivity contribution in [2.75, 3.05) is 33.0 Å². The van der Waals surface area contributed by atoms with E-state index in [1.807, 2.05) is 6.92 Å². The van der Waals surface area contributed by atoms with E-state index in [-0.39, 0.29) is 12.0 Å². The van der Waals surface area contributed by atoms with Gasteiger partial charge in [-0.2, -0.15) is 0 Å². The first-order valence-electron chi connectivity index (χ1n) is 6.64. The van der Waals surface area contributed by atoms with Gasteiger partial charge in [0.25, 0.3) is 0 Å². The van der Waals surface area contributed by atoms with Gasteiger partial charge < -0.3 is 14.6 Å². The van der Waals surface area contributed by atoms with Crippen LogP contribution in [0.1, 0.15) is 33.6 Å². The average Bonchev–Trinajstić information content (AvgIpc) is 2.38. The summed E-state index contributed by atoms with van der Waals surface area (Å²) in [7, 11) is 0. The summed E-state index contributed by atoms with van der Waals surface area (Å²) in [5, 5.41) is 9.36. The molecule has 0 aliphatic carbocycles. The van der Waals surface area contributed by atoms with Gasteiger partial charge in [0.2, 0.25) is 0 Å². The zero-order valence-corrected chi connectivity index (χ0v) is 12.3. The monoisotopic (exact) mass is 258 g/mol. The van der Waals surface area contributed by atoms with Crippen LogP contribution in [0.25, 0.3) is 0 Å². The van der Waals surface area contributed by atoms with Crippen molar-refractivity contribution in [1.29, 1.82) is 0 Å². The van der Waals surface area contributed by atoms with Gasteiger partial charge in [0, 0.05) is 5.41 Å². The Hall–Kier alpha value is -0.640. The van der Waals surface area contributed by atoms with Crippen LogP contribution >= 0.6 is 0 Å². The Morgan fingerprint density at radius 2 is 1.39 bits per heavy atom. The average molecular weight is 258 g/mol. The van der Waals surface area contributed by atoms with Gasteiger partial charge >= 0.3 is 0 Å². The third-order valence-electron chi connectivity index (χ3n) is 2.37. The molecule has 0 heterocycles. The van der Waals surface area contributed by atoms with Crippen LogP contribution in [0, 0.1) is 5.41 Å². The summed E-state index contributed by atoms with van der Waals surface area (Å²) in [4.78, 5) is 0. The van der Waals surface area contributed by atoms with Crippen LogP contribution in [0.2, 0.25) is 0 Å². The lowest BCUT2D eigenvalue weighted by Crippen LogP contribution is -2.35. The second-order valence-corrected chi connectivity index (χ2v) is 4.33. The second-order valence-electron chi connectivity index (χ2n) is 4.33. The molecular weight excluding hydrogens is 228 g/mol. The maximum absolute atomic E-state index is 9.36. The molecule has 18 heavy (non-hydrogen) atoms. The van der Waals surface area contributed by atoms with Crippen molar-refractivity contribution >= 4 is 0 Å². The maximum Gasteiger partial charge on any atom is 0.0645 e. The maximum atomic E-state index is 9.36. The van der Waals surface area contributed by atoms with Crippen LogP contribution in [0.15, 0.2) is 25.3 Å². The Morgan fingerprint density at radius 3 is 1.61 bits per heavy atom. The molecule has 0 aromatic rings. The number of hydrogen-bond donors (Lipinski definition) is 1. The van der Waals surface area contributed by atoms with Crippen molar-refractivity contribution in [1.82, 2.24) is 0 Å². The molecule has 0 atom stereocenters. The van der Waals surface area contributed by atoms with Gasteiger partial charge in [-0.15, -0.1) is 13.2 Å². The van der Waals surface area contributed by atoms with E-state index in [0.717, 1.165) is 6.42 Å². The van der Waals surface area contributed by atoms with Crippen molar-refractivity contribution in [2.24, 2.45) is 5.41 Å². The van der Waals surface area contributed by atoms with Crippen LogP contribution < -0.4 is 0 Å². The summed E-state index contributed by atoms with van der Waals surface area (Å²) in [5.41, 5.74) is -0.300. The molecule has 0 saturated heterocycles. The molecule has 0 rings (SSSR count). The van der Waals surface area contributed by atoms with E-state index in [2.05, 4.69) is 27.0 Å². The molecule has 0 radical (unpaired) electrons. The largest absolute Gasteiger partial charge is 0.396 e. The van der Waals surface area contributed by atoms with Gasteiger partial charge in [0.1, 0.15) is 0 Å². The molecule has 1 N–H and O–H groups in total. The van der Waals surface area contributed by atoms with Crippen LogP contribution in [-0.4, -0.2) is 38.1 Å². The molecule has 0 aromatic carbocycles. The third-order valence-corrected chi connectivity index (χ3v) is 2.37. The van der Waals surface area contributed by atoms with Crippen LogP contribution in [0.3, 0.4) is 0 Å². The first kappa shape index (κ1) is 19.7. The highest BCUT2D eigenvalue weighted by Crippen LogP contribution is 2.22. The fourth-order valence-corrected chi connectivity index (χ4v) is 1.17. The van der Waals surface area contributed by atoms with E-state index in [9.17, 15) is 5.11 Å². The minimum atomic E-state index is -0.300. The molecule has 0 saturated carbocycles. The fraction of sp³-hybridized carbons (Fsp3) is 0.733. The quantitative estimate of drug-likeness (QED) is 0.483. The van der Waals surface area contributed by atoms with Crippen LogP contribution in [-0.2, 0) is 9.47 Å². The summed E-state index contributed by atoms with van der Waals surface area (Å²) in [6, 6.07) is 0. The Bertz CT molecular complexity index is 170. The van der Waals surface area contributed by atoms with Crippen molar-refractivity contribution in [3.8, 4) is 0 Å². The summed E-state index contributed by atoms with van der Waals surface area (Å²) >= 11 is 0. The molecule has 0 bridgehead atoms. The summed E-state index contributed by atoms with van der Waals surface area (Å²) in [6.45, 7) is 15.5. The lowest BCUT2D eigenvalue weighted by atomic mass is 9.88. The van der Waals surface area contributed by atoms with Gasteiger partial charge in [0.05, 0.1) is 33.0 Å². The molecule has 0 aliphatic rings. The molecule has 0 aliphatic heterocycles. The third kappa shape index (κ3) is 10.5. The molecule has 0 amide bonds. The smallest absolute Gasteiger partial charge is 0.0645 e. The minimum Gasteiger partial charge on any atom is -0.396 e. The van der Waals surface area contributed by atoms with Crippen LogP contribution in [0.4, 0.5) is 0 Å². The lowest BCUT2D eigenvalue weighted by Gasteiger charge is -2.29. The normalized spacial score (nSPS) is 10.4. The minimum absolute atomic E-state index is 0.0672. The Kier molecular flexibility index (Phi) is 15.8. The van der Waals surface area contributed by atoms with Crippen molar-refractivity contribution in [3.05, 3.63) is 25.3 Å². The van der Waals surface area contributed by atoms with Gasteiger partial charge in [-0.05, 0) is 6.42 Å². The van der Waals surface area contributed by atoms with E-state index in [1.54, 1.807) is 12.2 Å². The van der Waals surface area contributed by atoms with Crippen molar-refractivity contribution in [2.45, 2.75) is 33.6 Å². The van der Waals surface area contributed by atoms with Gasteiger partial charge in [-0.1, -0.05) is 39.3 Å². The van der Waals surface area contributed by atoms with E-state index >= 15 is 0 Å². The van der Waals surface area contributed by atoms with Gasteiger partial charge in [0.15, 0.2) is 0 Å². The standard InChI is InChI=1S/C12H22O3.C3H8/c1-4-7-14-10-12(6-3,9-13)11-15-8-5-2;1-3-2/h4-5,13H,1-2,6-11H2,3H3;3H2,1-2H3. The molecule has 0 spiro atoms. The molecule has 0 unspecified atom stereocenters. The zero-order valence-electron chi connectivity index (χ0n) is 12.3. The number of aliphatic hydroxyl groups is 1. The summed E-state index contributed by atoms with van der Waals surface area (Å²) < 4.78 is 10.8. The summed E-state index contributed by atoms with van der Waals surface area (Å²) in [6.07, 6.45) is 5.46. The van der Waals surface area contributed by atoms with E-state index < -0.39 is 0 Å².